The fraction of sp³-hybridized carbons (Fsp3) is 0.600. The van der Waals surface area contributed by atoms with Crippen LogP contribution in [-0.2, 0) is 11.3 Å². The molecule has 90 valence electrons. The SMILES string of the molecule is Cl.NCc1cc(OC2CCOCC2)ncn1. The molecule has 1 aliphatic rings. The summed E-state index contributed by atoms with van der Waals surface area (Å²) >= 11 is 0. The molecule has 2 heterocycles. The first kappa shape index (κ1) is 13.2. The molecular formula is C10H16ClN3O2. The van der Waals surface area contributed by atoms with Crippen LogP contribution >= 0.6 is 12.4 Å². The molecule has 2 N–H and O–H groups in total. The molecule has 0 amide bonds. The van der Waals surface area contributed by atoms with Gasteiger partial charge < -0.3 is 15.2 Å². The molecule has 0 bridgehead atoms. The van der Waals surface area contributed by atoms with Gasteiger partial charge in [0.1, 0.15) is 12.4 Å². The molecule has 2 rings (SSSR count). The largest absolute Gasteiger partial charge is 0.474 e. The van der Waals surface area contributed by atoms with Crippen LogP contribution in [0.5, 0.6) is 5.88 Å². The number of hydrogen-bond acceptors (Lipinski definition) is 5. The molecule has 16 heavy (non-hydrogen) atoms. The summed E-state index contributed by atoms with van der Waals surface area (Å²) in [5.74, 6) is 0.609. The van der Waals surface area contributed by atoms with Crippen LogP contribution in [0.25, 0.3) is 0 Å². The molecule has 0 spiro atoms. The minimum atomic E-state index is 0. The smallest absolute Gasteiger partial charge is 0.216 e. The molecule has 0 unspecified atom stereocenters. The highest BCUT2D eigenvalue weighted by molar-refractivity contribution is 5.85. The van der Waals surface area contributed by atoms with Crippen LogP contribution in [-0.4, -0.2) is 29.3 Å². The lowest BCUT2D eigenvalue weighted by Crippen LogP contribution is -2.26. The summed E-state index contributed by atoms with van der Waals surface area (Å²) in [5.41, 5.74) is 6.28. The Morgan fingerprint density at radius 2 is 2.12 bits per heavy atom. The maximum absolute atomic E-state index is 5.71. The Hall–Kier alpha value is -0.910. The lowest BCUT2D eigenvalue weighted by Gasteiger charge is -2.22. The third-order valence-corrected chi connectivity index (χ3v) is 2.36. The summed E-state index contributed by atoms with van der Waals surface area (Å²) in [6.45, 7) is 1.94. The average Bonchev–Trinajstić information content (AvgIpc) is 2.31. The van der Waals surface area contributed by atoms with Crippen molar-refractivity contribution >= 4 is 12.4 Å². The van der Waals surface area contributed by atoms with Gasteiger partial charge in [0.15, 0.2) is 0 Å². The third-order valence-electron chi connectivity index (χ3n) is 2.36. The maximum atomic E-state index is 5.71. The molecule has 0 radical (unpaired) electrons. The second-order valence-electron chi connectivity index (χ2n) is 3.48. The molecule has 1 saturated heterocycles. The number of aromatic nitrogens is 2. The van der Waals surface area contributed by atoms with Gasteiger partial charge in [0.25, 0.3) is 0 Å². The van der Waals surface area contributed by atoms with E-state index in [1.54, 1.807) is 6.07 Å². The van der Waals surface area contributed by atoms with Crippen LogP contribution in [0.1, 0.15) is 18.5 Å². The zero-order chi connectivity index (χ0) is 10.5. The number of rotatable bonds is 3. The fourth-order valence-electron chi connectivity index (χ4n) is 1.52. The van der Waals surface area contributed by atoms with Gasteiger partial charge in [-0.25, -0.2) is 9.97 Å². The number of nitrogens with two attached hydrogens (primary N) is 1. The summed E-state index contributed by atoms with van der Waals surface area (Å²) in [7, 11) is 0. The lowest BCUT2D eigenvalue weighted by molar-refractivity contribution is 0.0236. The van der Waals surface area contributed by atoms with Gasteiger partial charge in [0.2, 0.25) is 5.88 Å². The van der Waals surface area contributed by atoms with E-state index in [9.17, 15) is 0 Å². The molecule has 0 saturated carbocycles. The predicted molar refractivity (Wildman–Crippen MR) is 61.6 cm³/mol. The molecule has 1 aromatic rings. The second-order valence-corrected chi connectivity index (χ2v) is 3.48. The van der Waals surface area contributed by atoms with Crippen molar-refractivity contribution in [1.29, 1.82) is 0 Å². The molecule has 5 nitrogen and oxygen atoms in total. The number of halogens is 1. The first-order chi connectivity index (χ1) is 7.38. The summed E-state index contributed by atoms with van der Waals surface area (Å²) in [6.07, 6.45) is 3.53. The van der Waals surface area contributed by atoms with Crippen LogP contribution in [0.2, 0.25) is 0 Å². The van der Waals surface area contributed by atoms with E-state index in [-0.39, 0.29) is 18.5 Å². The molecular weight excluding hydrogens is 230 g/mol. The lowest BCUT2D eigenvalue weighted by atomic mass is 10.1. The van der Waals surface area contributed by atoms with Gasteiger partial charge >= 0.3 is 0 Å². The van der Waals surface area contributed by atoms with Crippen molar-refractivity contribution in [1.82, 2.24) is 9.97 Å². The monoisotopic (exact) mass is 245 g/mol. The van der Waals surface area contributed by atoms with Crippen molar-refractivity contribution in [2.24, 2.45) is 5.73 Å². The van der Waals surface area contributed by atoms with Gasteiger partial charge in [-0.2, -0.15) is 0 Å². The van der Waals surface area contributed by atoms with E-state index < -0.39 is 0 Å². The van der Waals surface area contributed by atoms with Gasteiger partial charge in [-0.05, 0) is 0 Å². The predicted octanol–water partition coefficient (Wildman–Crippen LogP) is 0.915. The molecule has 0 aliphatic carbocycles. The Labute approximate surface area is 101 Å². The zero-order valence-electron chi connectivity index (χ0n) is 8.96. The first-order valence-electron chi connectivity index (χ1n) is 5.14. The summed E-state index contributed by atoms with van der Waals surface area (Å²) < 4.78 is 11.0. The van der Waals surface area contributed by atoms with Crippen LogP contribution < -0.4 is 10.5 Å². The number of hydrogen-bond donors (Lipinski definition) is 1. The zero-order valence-corrected chi connectivity index (χ0v) is 9.78. The van der Waals surface area contributed by atoms with Gasteiger partial charge in [0.05, 0.1) is 18.9 Å². The van der Waals surface area contributed by atoms with Crippen LogP contribution in [0.15, 0.2) is 12.4 Å². The maximum Gasteiger partial charge on any atom is 0.216 e. The van der Waals surface area contributed by atoms with Gasteiger partial charge in [-0.15, -0.1) is 12.4 Å². The van der Waals surface area contributed by atoms with Gasteiger partial charge in [0, 0.05) is 25.5 Å². The van der Waals surface area contributed by atoms with E-state index in [1.807, 2.05) is 0 Å². The summed E-state index contributed by atoms with van der Waals surface area (Å²) in [5, 5.41) is 0. The van der Waals surface area contributed by atoms with Crippen molar-refractivity contribution in [3.63, 3.8) is 0 Å². The van der Waals surface area contributed by atoms with Crippen molar-refractivity contribution in [2.75, 3.05) is 13.2 Å². The van der Waals surface area contributed by atoms with Crippen molar-refractivity contribution < 1.29 is 9.47 Å². The van der Waals surface area contributed by atoms with E-state index in [2.05, 4.69) is 9.97 Å². The minimum Gasteiger partial charge on any atom is -0.474 e. The molecule has 1 aliphatic heterocycles. The Morgan fingerprint density at radius 3 is 2.81 bits per heavy atom. The summed E-state index contributed by atoms with van der Waals surface area (Å²) in [4.78, 5) is 8.06. The molecule has 0 aromatic carbocycles. The minimum absolute atomic E-state index is 0. The molecule has 1 aromatic heterocycles. The van der Waals surface area contributed by atoms with E-state index in [4.69, 9.17) is 15.2 Å². The fourth-order valence-corrected chi connectivity index (χ4v) is 1.52. The van der Waals surface area contributed by atoms with Crippen molar-refractivity contribution in [3.05, 3.63) is 18.1 Å². The third kappa shape index (κ3) is 3.59. The highest BCUT2D eigenvalue weighted by Gasteiger charge is 2.15. The normalized spacial score (nSPS) is 16.6. The Kier molecular flexibility index (Phi) is 5.45. The van der Waals surface area contributed by atoms with Crippen molar-refractivity contribution in [2.45, 2.75) is 25.5 Å². The highest BCUT2D eigenvalue weighted by atomic mass is 35.5. The van der Waals surface area contributed by atoms with E-state index in [0.717, 1.165) is 31.7 Å². The highest BCUT2D eigenvalue weighted by Crippen LogP contribution is 2.15. The molecule has 1 fully saturated rings. The van der Waals surface area contributed by atoms with Crippen molar-refractivity contribution in [3.8, 4) is 5.88 Å². The Bertz CT molecular complexity index is 319. The van der Waals surface area contributed by atoms with Crippen LogP contribution in [0.3, 0.4) is 0 Å². The quantitative estimate of drug-likeness (QED) is 0.857. The van der Waals surface area contributed by atoms with Gasteiger partial charge in [-0.1, -0.05) is 0 Å². The Morgan fingerprint density at radius 1 is 1.38 bits per heavy atom. The Balaban J connectivity index is 0.00000128. The second kappa shape index (κ2) is 6.62. The molecule has 0 atom stereocenters. The summed E-state index contributed by atoms with van der Waals surface area (Å²) in [6, 6.07) is 1.79. The number of ether oxygens (including phenoxy) is 2. The standard InChI is InChI=1S/C10H15N3O2.ClH/c11-6-8-5-10(13-7-12-8)15-9-1-3-14-4-2-9;/h5,7,9H,1-4,6,11H2;1H. The topological polar surface area (TPSA) is 70.3 Å². The van der Waals surface area contributed by atoms with E-state index >= 15 is 0 Å². The van der Waals surface area contributed by atoms with Crippen LogP contribution in [0, 0.1) is 0 Å². The average molecular weight is 246 g/mol. The number of nitrogens with zero attached hydrogens (tertiary/aromatic N) is 2. The van der Waals surface area contributed by atoms with E-state index in [0.29, 0.717) is 12.4 Å². The molecule has 6 heteroatoms. The van der Waals surface area contributed by atoms with E-state index in [1.165, 1.54) is 6.33 Å². The van der Waals surface area contributed by atoms with Crippen LogP contribution in [0.4, 0.5) is 0 Å². The van der Waals surface area contributed by atoms with Gasteiger partial charge in [-0.3, -0.25) is 0 Å². The first-order valence-corrected chi connectivity index (χ1v) is 5.14.